The molecule has 1 aromatic heterocycles. The summed E-state index contributed by atoms with van der Waals surface area (Å²) in [7, 11) is 0. The van der Waals surface area contributed by atoms with Crippen LogP contribution < -0.4 is 5.32 Å². The Hall–Kier alpha value is -3.11. The first-order valence-electron chi connectivity index (χ1n) is 8.50. The predicted molar refractivity (Wildman–Crippen MR) is 105 cm³/mol. The fourth-order valence-corrected chi connectivity index (χ4v) is 3.36. The van der Waals surface area contributed by atoms with E-state index in [4.69, 9.17) is 5.26 Å². The largest absolute Gasteiger partial charge is 0.321 e. The molecule has 7 heteroatoms. The molecule has 6 nitrogen and oxygen atoms in total. The number of amides is 1. The predicted octanol–water partition coefficient (Wildman–Crippen LogP) is 3.83. The van der Waals surface area contributed by atoms with Crippen molar-refractivity contribution < 1.29 is 4.79 Å². The molecule has 0 saturated carbocycles. The highest BCUT2D eigenvalue weighted by Gasteiger charge is 2.11. The fourth-order valence-electron chi connectivity index (χ4n) is 2.41. The van der Waals surface area contributed by atoms with Crippen molar-refractivity contribution in [2.45, 2.75) is 18.4 Å². The Labute approximate surface area is 162 Å². The number of rotatable bonds is 7. The minimum atomic E-state index is -0.163. The average Bonchev–Trinajstić information content (AvgIpc) is 3.20. The minimum absolute atomic E-state index is 0.0451. The van der Waals surface area contributed by atoms with Gasteiger partial charge in [0.25, 0.3) is 5.91 Å². The van der Waals surface area contributed by atoms with Crippen LogP contribution in [0.5, 0.6) is 0 Å². The summed E-state index contributed by atoms with van der Waals surface area (Å²) in [5.41, 5.74) is 2.38. The van der Waals surface area contributed by atoms with Gasteiger partial charge in [-0.2, -0.15) is 10.4 Å². The monoisotopic (exact) mass is 377 g/mol. The van der Waals surface area contributed by atoms with Gasteiger partial charge < -0.3 is 5.32 Å². The van der Waals surface area contributed by atoms with Crippen molar-refractivity contribution in [3.05, 3.63) is 72.3 Å². The highest BCUT2D eigenvalue weighted by atomic mass is 32.2. The molecule has 0 aliphatic carbocycles. The van der Waals surface area contributed by atoms with Crippen LogP contribution in [0.2, 0.25) is 0 Å². The summed E-state index contributed by atoms with van der Waals surface area (Å²) in [5, 5.41) is 16.0. The third-order valence-electron chi connectivity index (χ3n) is 3.87. The van der Waals surface area contributed by atoms with Crippen molar-refractivity contribution in [3.63, 3.8) is 0 Å². The molecule has 1 heterocycles. The molecule has 3 rings (SSSR count). The Morgan fingerprint density at radius 1 is 1.26 bits per heavy atom. The number of nitriles is 1. The van der Waals surface area contributed by atoms with Gasteiger partial charge in [0.15, 0.2) is 0 Å². The van der Waals surface area contributed by atoms with E-state index in [9.17, 15) is 4.79 Å². The SMILES string of the molecule is CC(C#N)CSc1ccccc1NC(=O)c1ccc(Cn2cncn2)cc1. The Morgan fingerprint density at radius 3 is 2.74 bits per heavy atom. The van der Waals surface area contributed by atoms with Gasteiger partial charge in [0.1, 0.15) is 12.7 Å². The number of aromatic nitrogens is 3. The van der Waals surface area contributed by atoms with Crippen LogP contribution in [0.3, 0.4) is 0 Å². The quantitative estimate of drug-likeness (QED) is 0.633. The van der Waals surface area contributed by atoms with Crippen molar-refractivity contribution in [1.29, 1.82) is 5.26 Å². The zero-order valence-corrected chi connectivity index (χ0v) is 15.7. The van der Waals surface area contributed by atoms with Gasteiger partial charge in [-0.3, -0.25) is 4.79 Å². The Morgan fingerprint density at radius 2 is 2.04 bits per heavy atom. The van der Waals surface area contributed by atoms with E-state index in [0.717, 1.165) is 16.1 Å². The lowest BCUT2D eigenvalue weighted by molar-refractivity contribution is 0.102. The van der Waals surface area contributed by atoms with Gasteiger partial charge in [-0.25, -0.2) is 9.67 Å². The zero-order chi connectivity index (χ0) is 19.1. The second-order valence-electron chi connectivity index (χ2n) is 6.08. The number of carbonyl (C=O) groups excluding carboxylic acids is 1. The number of nitrogens with zero attached hydrogens (tertiary/aromatic N) is 4. The van der Waals surface area contributed by atoms with E-state index in [1.165, 1.54) is 6.33 Å². The maximum absolute atomic E-state index is 12.6. The molecule has 1 atom stereocenters. The molecule has 0 fully saturated rings. The first-order valence-corrected chi connectivity index (χ1v) is 9.48. The van der Waals surface area contributed by atoms with Gasteiger partial charge >= 0.3 is 0 Å². The normalized spacial score (nSPS) is 11.6. The maximum Gasteiger partial charge on any atom is 0.255 e. The molecule has 1 unspecified atom stereocenters. The summed E-state index contributed by atoms with van der Waals surface area (Å²) >= 11 is 1.57. The number of thioether (sulfide) groups is 1. The molecular formula is C20H19N5OS. The molecule has 27 heavy (non-hydrogen) atoms. The molecular weight excluding hydrogens is 358 g/mol. The number of nitrogens with one attached hydrogen (secondary N) is 1. The lowest BCUT2D eigenvalue weighted by Gasteiger charge is -2.11. The van der Waals surface area contributed by atoms with Gasteiger partial charge in [0, 0.05) is 16.2 Å². The first-order chi connectivity index (χ1) is 13.2. The standard InChI is InChI=1S/C20H19N5OS/c1-15(10-21)12-27-19-5-3-2-4-18(19)24-20(26)17-8-6-16(7-9-17)11-25-14-22-13-23-25/h2-9,13-15H,11-12H2,1H3,(H,24,26). The van der Waals surface area contributed by atoms with Crippen molar-refractivity contribution >= 4 is 23.4 Å². The van der Waals surface area contributed by atoms with Gasteiger partial charge in [-0.05, 0) is 36.8 Å². The number of para-hydroxylation sites is 1. The number of hydrogen-bond donors (Lipinski definition) is 1. The first kappa shape index (κ1) is 18.7. The summed E-state index contributed by atoms with van der Waals surface area (Å²) in [5.74, 6) is 0.473. The smallest absolute Gasteiger partial charge is 0.255 e. The van der Waals surface area contributed by atoms with Crippen LogP contribution in [0.15, 0.2) is 66.1 Å². The number of anilines is 1. The average molecular weight is 377 g/mol. The molecule has 1 amide bonds. The molecule has 0 bridgehead atoms. The van der Waals surface area contributed by atoms with Gasteiger partial charge in [0.05, 0.1) is 24.2 Å². The van der Waals surface area contributed by atoms with Gasteiger partial charge in [-0.1, -0.05) is 24.3 Å². The van der Waals surface area contributed by atoms with E-state index < -0.39 is 0 Å². The third kappa shape index (κ3) is 5.19. The second-order valence-corrected chi connectivity index (χ2v) is 7.14. The van der Waals surface area contributed by atoms with Crippen LogP contribution in [-0.2, 0) is 6.54 Å². The van der Waals surface area contributed by atoms with E-state index >= 15 is 0 Å². The second kappa shape index (κ2) is 9.01. The molecule has 3 aromatic rings. The van der Waals surface area contributed by atoms with E-state index in [2.05, 4.69) is 21.5 Å². The van der Waals surface area contributed by atoms with Crippen LogP contribution in [0.25, 0.3) is 0 Å². The summed E-state index contributed by atoms with van der Waals surface area (Å²) in [6.07, 6.45) is 3.15. The summed E-state index contributed by atoms with van der Waals surface area (Å²) < 4.78 is 1.73. The van der Waals surface area contributed by atoms with E-state index in [-0.39, 0.29) is 11.8 Å². The molecule has 1 N–H and O–H groups in total. The molecule has 136 valence electrons. The third-order valence-corrected chi connectivity index (χ3v) is 5.21. The van der Waals surface area contributed by atoms with Gasteiger partial charge in [0.2, 0.25) is 0 Å². The zero-order valence-electron chi connectivity index (χ0n) is 14.9. The summed E-state index contributed by atoms with van der Waals surface area (Å²) in [4.78, 5) is 17.5. The van der Waals surface area contributed by atoms with Crippen molar-refractivity contribution in [2.75, 3.05) is 11.1 Å². The Kier molecular flexibility index (Phi) is 6.23. The van der Waals surface area contributed by atoms with Crippen LogP contribution >= 0.6 is 11.8 Å². The van der Waals surface area contributed by atoms with Crippen LogP contribution in [0.4, 0.5) is 5.69 Å². The number of hydrogen-bond acceptors (Lipinski definition) is 5. The van der Waals surface area contributed by atoms with Crippen molar-refractivity contribution in [3.8, 4) is 6.07 Å². The molecule has 0 spiro atoms. The molecule has 0 aliphatic heterocycles. The van der Waals surface area contributed by atoms with Gasteiger partial charge in [-0.15, -0.1) is 11.8 Å². The lowest BCUT2D eigenvalue weighted by atomic mass is 10.1. The van der Waals surface area contributed by atoms with Crippen LogP contribution in [0.1, 0.15) is 22.8 Å². The summed E-state index contributed by atoms with van der Waals surface area (Å²) in [6, 6.07) is 17.3. The number of carbonyl (C=O) groups is 1. The molecule has 0 radical (unpaired) electrons. The highest BCUT2D eigenvalue weighted by Crippen LogP contribution is 2.28. The van der Waals surface area contributed by atoms with E-state index in [1.54, 1.807) is 34.9 Å². The Bertz CT molecular complexity index is 932. The van der Waals surface area contributed by atoms with Crippen molar-refractivity contribution in [2.24, 2.45) is 5.92 Å². The maximum atomic E-state index is 12.6. The molecule has 0 saturated heterocycles. The van der Waals surface area contributed by atoms with Crippen molar-refractivity contribution in [1.82, 2.24) is 14.8 Å². The molecule has 2 aromatic carbocycles. The minimum Gasteiger partial charge on any atom is -0.321 e. The summed E-state index contributed by atoms with van der Waals surface area (Å²) in [6.45, 7) is 2.49. The van der Waals surface area contributed by atoms with E-state index in [1.807, 2.05) is 43.3 Å². The number of benzene rings is 2. The van der Waals surface area contributed by atoms with Crippen LogP contribution in [-0.4, -0.2) is 26.4 Å². The lowest BCUT2D eigenvalue weighted by Crippen LogP contribution is -2.13. The van der Waals surface area contributed by atoms with E-state index in [0.29, 0.717) is 17.9 Å². The topological polar surface area (TPSA) is 83.6 Å². The van der Waals surface area contributed by atoms with Crippen LogP contribution in [0, 0.1) is 17.2 Å². The highest BCUT2D eigenvalue weighted by molar-refractivity contribution is 7.99. The fraction of sp³-hybridized carbons (Fsp3) is 0.200. The molecule has 0 aliphatic rings. The Balaban J connectivity index is 1.66.